The molecule has 3 heteroatoms. The van der Waals surface area contributed by atoms with Crippen molar-refractivity contribution in [3.8, 4) is 11.1 Å². The molecule has 1 aliphatic rings. The lowest BCUT2D eigenvalue weighted by Crippen LogP contribution is -2.12. The van der Waals surface area contributed by atoms with E-state index in [1.165, 1.54) is 22.4 Å². The molecule has 0 saturated carbocycles. The zero-order chi connectivity index (χ0) is 10.3. The molecule has 0 spiro atoms. The molecule has 2 heterocycles. The van der Waals surface area contributed by atoms with Crippen molar-refractivity contribution in [2.75, 3.05) is 18.5 Å². The third kappa shape index (κ3) is 1.23. The van der Waals surface area contributed by atoms with E-state index < -0.39 is 0 Å². The van der Waals surface area contributed by atoms with E-state index in [1.807, 2.05) is 12.4 Å². The number of hydrogen-bond donors (Lipinski definition) is 1. The Labute approximate surface area is 88.7 Å². The Balaban J connectivity index is 2.18. The van der Waals surface area contributed by atoms with E-state index in [9.17, 15) is 0 Å². The van der Waals surface area contributed by atoms with E-state index in [1.54, 1.807) is 0 Å². The Bertz CT molecular complexity index is 474. The van der Waals surface area contributed by atoms with Crippen LogP contribution in [0.5, 0.6) is 0 Å². The fraction of sp³-hybridized carbons (Fsp3) is 0.250. The van der Waals surface area contributed by atoms with Crippen molar-refractivity contribution in [2.24, 2.45) is 0 Å². The summed E-state index contributed by atoms with van der Waals surface area (Å²) in [6, 6.07) is 6.47. The number of likely N-dealkylation sites (N-methyl/N-ethyl adjacent to an activating group) is 1. The average molecular weight is 199 g/mol. The van der Waals surface area contributed by atoms with Gasteiger partial charge >= 0.3 is 0 Å². The van der Waals surface area contributed by atoms with E-state index in [0.29, 0.717) is 0 Å². The Hall–Kier alpha value is -1.77. The van der Waals surface area contributed by atoms with Crippen LogP contribution in [-0.4, -0.2) is 23.8 Å². The summed E-state index contributed by atoms with van der Waals surface area (Å²) in [5.74, 6) is 0. The highest BCUT2D eigenvalue weighted by atomic mass is 15.1. The van der Waals surface area contributed by atoms with Gasteiger partial charge in [0.2, 0.25) is 0 Å². The van der Waals surface area contributed by atoms with E-state index in [4.69, 9.17) is 0 Å². The quantitative estimate of drug-likeness (QED) is 0.762. The number of fused-ring (bicyclic) bond motifs is 1. The maximum atomic E-state index is 4.00. The molecule has 0 bridgehead atoms. The van der Waals surface area contributed by atoms with E-state index in [-0.39, 0.29) is 0 Å². The summed E-state index contributed by atoms with van der Waals surface area (Å²) in [7, 11) is 2.14. The molecule has 3 rings (SSSR count). The number of nitrogens with zero attached hydrogens (tertiary/aromatic N) is 2. The van der Waals surface area contributed by atoms with Gasteiger partial charge in [-0.05, 0) is 23.6 Å². The number of benzene rings is 1. The number of aromatic amines is 1. The smallest absolute Gasteiger partial charge is 0.0565 e. The third-order valence-corrected chi connectivity index (χ3v) is 3.07. The fourth-order valence-electron chi connectivity index (χ4n) is 2.26. The molecule has 0 radical (unpaired) electrons. The van der Waals surface area contributed by atoms with Gasteiger partial charge < -0.3 is 4.90 Å². The Morgan fingerprint density at radius 2 is 2.33 bits per heavy atom. The van der Waals surface area contributed by atoms with E-state index in [2.05, 4.69) is 40.3 Å². The summed E-state index contributed by atoms with van der Waals surface area (Å²) < 4.78 is 0. The van der Waals surface area contributed by atoms with Gasteiger partial charge in [0, 0.05) is 31.0 Å². The average Bonchev–Trinajstić information content (AvgIpc) is 2.88. The van der Waals surface area contributed by atoms with Gasteiger partial charge in [-0.3, -0.25) is 5.10 Å². The lowest BCUT2D eigenvalue weighted by molar-refractivity contribution is 0.956. The molecular formula is C12H13N3. The molecular weight excluding hydrogens is 186 g/mol. The van der Waals surface area contributed by atoms with Crippen molar-refractivity contribution in [1.29, 1.82) is 0 Å². The van der Waals surface area contributed by atoms with Crippen LogP contribution in [-0.2, 0) is 6.42 Å². The summed E-state index contributed by atoms with van der Waals surface area (Å²) in [6.07, 6.45) is 4.97. The van der Waals surface area contributed by atoms with Crippen LogP contribution in [0.15, 0.2) is 30.6 Å². The monoisotopic (exact) mass is 199 g/mol. The number of H-pyrrole nitrogens is 1. The molecule has 0 atom stereocenters. The summed E-state index contributed by atoms with van der Waals surface area (Å²) in [4.78, 5) is 2.30. The molecule has 76 valence electrons. The standard InChI is InChI=1S/C12H13N3/c1-15-6-5-11-10(3-2-4-12(11)15)9-7-13-14-8-9/h2-4,7-8H,5-6H2,1H3,(H,13,14). The molecule has 0 aliphatic carbocycles. The minimum Gasteiger partial charge on any atom is -0.374 e. The van der Waals surface area contributed by atoms with Crippen LogP contribution >= 0.6 is 0 Å². The first-order chi connectivity index (χ1) is 7.36. The minimum atomic E-state index is 1.12. The Kier molecular flexibility index (Phi) is 1.78. The highest BCUT2D eigenvalue weighted by Crippen LogP contribution is 2.34. The topological polar surface area (TPSA) is 31.9 Å². The van der Waals surface area contributed by atoms with Crippen LogP contribution in [0, 0.1) is 0 Å². The van der Waals surface area contributed by atoms with Gasteiger partial charge in [-0.25, -0.2) is 0 Å². The lowest BCUT2D eigenvalue weighted by Gasteiger charge is -2.12. The zero-order valence-electron chi connectivity index (χ0n) is 8.70. The third-order valence-electron chi connectivity index (χ3n) is 3.07. The molecule has 1 aromatic carbocycles. The van der Waals surface area contributed by atoms with E-state index in [0.717, 1.165) is 13.0 Å². The predicted molar refractivity (Wildman–Crippen MR) is 61.0 cm³/mol. The van der Waals surface area contributed by atoms with Crippen LogP contribution < -0.4 is 4.90 Å². The first kappa shape index (κ1) is 8.53. The molecule has 1 N–H and O–H groups in total. The second-order valence-electron chi connectivity index (χ2n) is 3.96. The molecule has 3 nitrogen and oxygen atoms in total. The fourth-order valence-corrected chi connectivity index (χ4v) is 2.26. The highest BCUT2D eigenvalue weighted by molar-refractivity contribution is 5.75. The normalized spacial score (nSPS) is 14.3. The number of nitrogens with one attached hydrogen (secondary N) is 1. The van der Waals surface area contributed by atoms with Crippen LogP contribution in [0.1, 0.15) is 5.56 Å². The maximum Gasteiger partial charge on any atom is 0.0565 e. The lowest BCUT2D eigenvalue weighted by atomic mass is 10.0. The van der Waals surface area contributed by atoms with Crippen molar-refractivity contribution in [1.82, 2.24) is 10.2 Å². The first-order valence-corrected chi connectivity index (χ1v) is 5.18. The SMILES string of the molecule is CN1CCc2c(-c3cn[nH]c3)cccc21. The van der Waals surface area contributed by atoms with Crippen LogP contribution in [0.4, 0.5) is 5.69 Å². The van der Waals surface area contributed by atoms with Crippen molar-refractivity contribution < 1.29 is 0 Å². The van der Waals surface area contributed by atoms with Gasteiger partial charge in [-0.1, -0.05) is 12.1 Å². The first-order valence-electron chi connectivity index (χ1n) is 5.18. The molecule has 1 aliphatic heterocycles. The number of anilines is 1. The van der Waals surface area contributed by atoms with Crippen LogP contribution in [0.2, 0.25) is 0 Å². The second-order valence-corrected chi connectivity index (χ2v) is 3.96. The number of rotatable bonds is 1. The molecule has 0 fully saturated rings. The summed E-state index contributed by atoms with van der Waals surface area (Å²) in [5.41, 5.74) is 5.29. The molecule has 0 amide bonds. The number of hydrogen-bond acceptors (Lipinski definition) is 2. The molecule has 15 heavy (non-hydrogen) atoms. The molecule has 0 saturated heterocycles. The van der Waals surface area contributed by atoms with Gasteiger partial charge in [0.05, 0.1) is 6.20 Å². The summed E-state index contributed by atoms with van der Waals surface area (Å²) in [6.45, 7) is 1.12. The van der Waals surface area contributed by atoms with Crippen LogP contribution in [0.3, 0.4) is 0 Å². The minimum absolute atomic E-state index is 1.12. The second kappa shape index (κ2) is 3.12. The zero-order valence-corrected chi connectivity index (χ0v) is 8.70. The Morgan fingerprint density at radius 1 is 1.40 bits per heavy atom. The summed E-state index contributed by atoms with van der Waals surface area (Å²) >= 11 is 0. The van der Waals surface area contributed by atoms with Gasteiger partial charge in [0.1, 0.15) is 0 Å². The van der Waals surface area contributed by atoms with Crippen molar-refractivity contribution in [3.05, 3.63) is 36.2 Å². The predicted octanol–water partition coefficient (Wildman–Crippen LogP) is 2.07. The van der Waals surface area contributed by atoms with Crippen molar-refractivity contribution in [3.63, 3.8) is 0 Å². The largest absolute Gasteiger partial charge is 0.374 e. The van der Waals surface area contributed by atoms with Gasteiger partial charge in [0.25, 0.3) is 0 Å². The Morgan fingerprint density at radius 3 is 3.13 bits per heavy atom. The molecule has 0 unspecified atom stereocenters. The number of aromatic nitrogens is 2. The molecule has 1 aromatic heterocycles. The van der Waals surface area contributed by atoms with Crippen molar-refractivity contribution >= 4 is 5.69 Å². The van der Waals surface area contributed by atoms with Gasteiger partial charge in [-0.15, -0.1) is 0 Å². The maximum absolute atomic E-state index is 4.00. The van der Waals surface area contributed by atoms with Gasteiger partial charge in [-0.2, -0.15) is 5.10 Å². The van der Waals surface area contributed by atoms with Crippen LogP contribution in [0.25, 0.3) is 11.1 Å². The highest BCUT2D eigenvalue weighted by Gasteiger charge is 2.19. The van der Waals surface area contributed by atoms with E-state index >= 15 is 0 Å². The van der Waals surface area contributed by atoms with Gasteiger partial charge in [0.15, 0.2) is 0 Å². The van der Waals surface area contributed by atoms with Crippen molar-refractivity contribution in [2.45, 2.75) is 6.42 Å². The molecule has 2 aromatic rings. The summed E-state index contributed by atoms with van der Waals surface area (Å²) in [5, 5.41) is 6.87.